The lowest BCUT2D eigenvalue weighted by Gasteiger charge is -2.29. The van der Waals surface area contributed by atoms with Crippen LogP contribution in [0.1, 0.15) is 48.0 Å². The Morgan fingerprint density at radius 3 is 2.67 bits per heavy atom. The average Bonchev–Trinajstić information content (AvgIpc) is 3.30. The van der Waals surface area contributed by atoms with Crippen molar-refractivity contribution in [2.75, 3.05) is 0 Å². The van der Waals surface area contributed by atoms with Crippen LogP contribution in [0.25, 0.3) is 5.82 Å². The van der Waals surface area contributed by atoms with Gasteiger partial charge in [0.1, 0.15) is 0 Å². The van der Waals surface area contributed by atoms with Gasteiger partial charge in [0, 0.05) is 35.4 Å². The molecule has 1 N–H and O–H groups in total. The molecular weight excluding hydrogens is 360 g/mol. The molecule has 0 atom stereocenters. The molecule has 0 aliphatic heterocycles. The molecule has 7 nitrogen and oxygen atoms in total. The van der Waals surface area contributed by atoms with Gasteiger partial charge in [-0.15, -0.1) is 16.4 Å². The fraction of sp³-hybridized carbons (Fsp3) is 0.474. The van der Waals surface area contributed by atoms with E-state index in [0.29, 0.717) is 11.9 Å². The number of aromatic nitrogens is 5. The molecule has 1 fully saturated rings. The Kier molecular flexibility index (Phi) is 5.18. The summed E-state index contributed by atoms with van der Waals surface area (Å²) in [6, 6.07) is 6.00. The van der Waals surface area contributed by atoms with Crippen LogP contribution in [0, 0.1) is 13.8 Å². The Morgan fingerprint density at radius 2 is 2.00 bits per heavy atom. The number of nitrogens with zero attached hydrogens (tertiary/aromatic N) is 5. The minimum absolute atomic E-state index is 0.0404. The molecule has 0 aromatic carbocycles. The Balaban J connectivity index is 1.44. The van der Waals surface area contributed by atoms with Gasteiger partial charge in [-0.1, -0.05) is 0 Å². The predicted molar refractivity (Wildman–Crippen MR) is 105 cm³/mol. The zero-order chi connectivity index (χ0) is 18.8. The summed E-state index contributed by atoms with van der Waals surface area (Å²) in [4.78, 5) is 17.8. The van der Waals surface area contributed by atoms with Crippen molar-refractivity contribution >= 4 is 11.3 Å². The van der Waals surface area contributed by atoms with E-state index < -0.39 is 0 Å². The molecule has 1 saturated carbocycles. The number of hydrogen-bond donors (Lipinski definition) is 1. The minimum Gasteiger partial charge on any atom is -0.309 e. The monoisotopic (exact) mass is 384 g/mol. The van der Waals surface area contributed by atoms with Gasteiger partial charge in [0.15, 0.2) is 5.82 Å². The van der Waals surface area contributed by atoms with Gasteiger partial charge in [0.05, 0.1) is 17.2 Å². The average molecular weight is 385 g/mol. The van der Waals surface area contributed by atoms with Crippen molar-refractivity contribution in [1.29, 1.82) is 0 Å². The van der Waals surface area contributed by atoms with Crippen LogP contribution in [-0.2, 0) is 6.54 Å². The molecule has 8 heteroatoms. The molecule has 0 amide bonds. The van der Waals surface area contributed by atoms with Crippen molar-refractivity contribution in [3.8, 4) is 5.82 Å². The largest absolute Gasteiger partial charge is 0.309 e. The lowest BCUT2D eigenvalue weighted by atomic mass is 9.91. The fourth-order valence-corrected chi connectivity index (χ4v) is 4.29. The van der Waals surface area contributed by atoms with Gasteiger partial charge in [-0.25, -0.2) is 9.36 Å². The summed E-state index contributed by atoms with van der Waals surface area (Å²) >= 11 is 1.68. The topological polar surface area (TPSA) is 77.6 Å². The standard InChI is InChI=1S/C19H24N6OS/c1-13-9-14(2)24(22-13)18-7-8-19(26)25(23-18)16-5-3-15(4-6-16)21-11-17-10-20-12-27-17/h7-10,12,15-16,21H,3-6,11H2,1-2H3. The molecule has 142 valence electrons. The highest BCUT2D eigenvalue weighted by Gasteiger charge is 2.24. The molecule has 0 spiro atoms. The van der Waals surface area contributed by atoms with E-state index in [1.807, 2.05) is 31.6 Å². The zero-order valence-electron chi connectivity index (χ0n) is 15.6. The number of hydrogen-bond acceptors (Lipinski definition) is 6. The lowest BCUT2D eigenvalue weighted by Crippen LogP contribution is -2.36. The maximum atomic E-state index is 12.4. The van der Waals surface area contributed by atoms with Gasteiger partial charge in [-0.05, 0) is 51.7 Å². The normalized spacial score (nSPS) is 20.1. The van der Waals surface area contributed by atoms with E-state index in [1.165, 1.54) is 4.88 Å². The Morgan fingerprint density at radius 1 is 1.19 bits per heavy atom. The first-order valence-electron chi connectivity index (χ1n) is 9.34. The van der Waals surface area contributed by atoms with E-state index in [9.17, 15) is 4.79 Å². The van der Waals surface area contributed by atoms with E-state index in [0.717, 1.165) is 43.6 Å². The molecule has 0 saturated heterocycles. The molecule has 1 aliphatic carbocycles. The van der Waals surface area contributed by atoms with Gasteiger partial charge >= 0.3 is 0 Å². The van der Waals surface area contributed by atoms with Crippen molar-refractivity contribution in [3.05, 3.63) is 56.5 Å². The smallest absolute Gasteiger partial charge is 0.267 e. The van der Waals surface area contributed by atoms with E-state index in [2.05, 4.69) is 20.5 Å². The molecule has 3 aromatic heterocycles. The maximum Gasteiger partial charge on any atom is 0.267 e. The van der Waals surface area contributed by atoms with Crippen LogP contribution < -0.4 is 10.9 Å². The van der Waals surface area contributed by atoms with Crippen molar-refractivity contribution in [1.82, 2.24) is 29.9 Å². The number of rotatable bonds is 5. The Labute approximate surface area is 162 Å². The second-order valence-electron chi connectivity index (χ2n) is 7.17. The summed E-state index contributed by atoms with van der Waals surface area (Å²) in [5.74, 6) is 0.700. The Hall–Kier alpha value is -2.32. The molecule has 0 unspecified atom stereocenters. The molecule has 3 heterocycles. The highest BCUT2D eigenvalue weighted by molar-refractivity contribution is 7.09. The molecule has 4 rings (SSSR count). The van der Waals surface area contributed by atoms with E-state index in [-0.39, 0.29) is 11.6 Å². The summed E-state index contributed by atoms with van der Waals surface area (Å²) in [6.45, 7) is 4.82. The summed E-state index contributed by atoms with van der Waals surface area (Å²) < 4.78 is 3.46. The molecular formula is C19H24N6OS. The van der Waals surface area contributed by atoms with E-state index >= 15 is 0 Å². The van der Waals surface area contributed by atoms with Crippen molar-refractivity contribution < 1.29 is 0 Å². The highest BCUT2D eigenvalue weighted by atomic mass is 32.1. The van der Waals surface area contributed by atoms with Crippen molar-refractivity contribution in [2.45, 2.75) is 58.2 Å². The number of thiazole rings is 1. The van der Waals surface area contributed by atoms with E-state index in [4.69, 9.17) is 0 Å². The van der Waals surface area contributed by atoms with Gasteiger partial charge in [0.25, 0.3) is 5.56 Å². The van der Waals surface area contributed by atoms with Gasteiger partial charge in [-0.2, -0.15) is 5.10 Å². The van der Waals surface area contributed by atoms with Gasteiger partial charge in [0.2, 0.25) is 0 Å². The summed E-state index contributed by atoms with van der Waals surface area (Å²) in [5.41, 5.74) is 3.78. The van der Waals surface area contributed by atoms with Gasteiger partial charge < -0.3 is 5.32 Å². The molecule has 0 bridgehead atoms. The van der Waals surface area contributed by atoms with Gasteiger partial charge in [-0.3, -0.25) is 9.78 Å². The first-order chi connectivity index (χ1) is 13.1. The first kappa shape index (κ1) is 18.1. The van der Waals surface area contributed by atoms with Crippen LogP contribution in [0.5, 0.6) is 0 Å². The third-order valence-corrected chi connectivity index (χ3v) is 5.91. The second kappa shape index (κ2) is 7.74. The van der Waals surface area contributed by atoms with Crippen LogP contribution in [0.2, 0.25) is 0 Å². The summed E-state index contributed by atoms with van der Waals surface area (Å²) in [6.07, 6.45) is 5.91. The van der Waals surface area contributed by atoms with Crippen LogP contribution in [0.4, 0.5) is 0 Å². The van der Waals surface area contributed by atoms with Crippen LogP contribution >= 0.6 is 11.3 Å². The summed E-state index contributed by atoms with van der Waals surface area (Å²) in [5, 5.41) is 12.7. The number of aryl methyl sites for hydroxylation is 2. The third-order valence-electron chi connectivity index (χ3n) is 5.13. The Bertz CT molecular complexity index is 953. The van der Waals surface area contributed by atoms with E-state index in [1.54, 1.807) is 32.8 Å². The molecule has 1 aliphatic rings. The van der Waals surface area contributed by atoms with Crippen LogP contribution in [-0.4, -0.2) is 30.6 Å². The lowest BCUT2D eigenvalue weighted by molar-refractivity contribution is 0.268. The fourth-order valence-electron chi connectivity index (χ4n) is 3.75. The highest BCUT2D eigenvalue weighted by Crippen LogP contribution is 2.27. The van der Waals surface area contributed by atoms with Crippen molar-refractivity contribution in [2.24, 2.45) is 0 Å². The quantitative estimate of drug-likeness (QED) is 0.732. The third kappa shape index (κ3) is 4.01. The first-order valence-corrected chi connectivity index (χ1v) is 10.2. The SMILES string of the molecule is Cc1cc(C)n(-c2ccc(=O)n(C3CCC(NCc4cncs4)CC3)n2)n1. The minimum atomic E-state index is -0.0404. The van der Waals surface area contributed by atoms with Crippen LogP contribution in [0.3, 0.4) is 0 Å². The number of nitrogens with one attached hydrogen (secondary N) is 1. The second-order valence-corrected chi connectivity index (χ2v) is 8.14. The molecule has 27 heavy (non-hydrogen) atoms. The van der Waals surface area contributed by atoms with Crippen molar-refractivity contribution in [3.63, 3.8) is 0 Å². The predicted octanol–water partition coefficient (Wildman–Crippen LogP) is 2.78. The molecule has 0 radical (unpaired) electrons. The molecule has 3 aromatic rings. The van der Waals surface area contributed by atoms with Crippen LogP contribution in [0.15, 0.2) is 34.7 Å². The zero-order valence-corrected chi connectivity index (χ0v) is 16.4. The maximum absolute atomic E-state index is 12.4. The summed E-state index contributed by atoms with van der Waals surface area (Å²) in [7, 11) is 0.